The van der Waals surface area contributed by atoms with Gasteiger partial charge in [-0.1, -0.05) is 6.92 Å². The number of aromatic amines is 1. The zero-order valence-electron chi connectivity index (χ0n) is 9.61. The van der Waals surface area contributed by atoms with Crippen LogP contribution in [0.5, 0.6) is 5.75 Å². The summed E-state index contributed by atoms with van der Waals surface area (Å²) in [6.45, 7) is 1.80. The van der Waals surface area contributed by atoms with E-state index in [0.717, 1.165) is 12.1 Å². The topological polar surface area (TPSA) is 99.3 Å². The van der Waals surface area contributed by atoms with Crippen LogP contribution in [0.1, 0.15) is 30.3 Å². The number of carboxylic acid groups (broad SMARTS) is 1. The van der Waals surface area contributed by atoms with Crippen LogP contribution in [0, 0.1) is 0 Å². The van der Waals surface area contributed by atoms with Gasteiger partial charge in [-0.25, -0.2) is 0 Å². The number of pyridine rings is 1. The number of carbonyl (C=O) groups excluding carboxylic acids is 2. The predicted molar refractivity (Wildman–Crippen MR) is 51.9 cm³/mol. The number of hydrogen-bond acceptors (Lipinski definition) is 5. The number of hydrogen-bond donors (Lipinski definition) is 1. The molecule has 7 heteroatoms. The summed E-state index contributed by atoms with van der Waals surface area (Å²) in [6, 6.07) is 2.23. The summed E-state index contributed by atoms with van der Waals surface area (Å²) < 4.78 is 4.72. The third-order valence-corrected chi connectivity index (χ3v) is 1.77. The van der Waals surface area contributed by atoms with Crippen LogP contribution in [0.15, 0.2) is 16.9 Å². The quantitative estimate of drug-likeness (QED) is 0.438. The second-order valence-corrected chi connectivity index (χ2v) is 3.08. The molecule has 1 heterocycles. The van der Waals surface area contributed by atoms with Crippen molar-refractivity contribution >= 4 is 11.9 Å². The monoisotopic (exact) mass is 247 g/mol. The van der Waals surface area contributed by atoms with E-state index in [0.29, 0.717) is 6.42 Å². The molecule has 0 spiro atoms. The Hall–Kier alpha value is -1.11. The maximum Gasteiger partial charge on any atom is 1.00 e. The fourth-order valence-corrected chi connectivity index (χ4v) is 1.04. The van der Waals surface area contributed by atoms with E-state index in [1.165, 1.54) is 0 Å². The molecule has 17 heavy (non-hydrogen) atoms. The van der Waals surface area contributed by atoms with Gasteiger partial charge >= 0.3 is 35.5 Å². The van der Waals surface area contributed by atoms with Crippen molar-refractivity contribution in [3.8, 4) is 5.75 Å². The van der Waals surface area contributed by atoms with Gasteiger partial charge < -0.3 is 19.6 Å². The minimum atomic E-state index is -1.50. The third-order valence-electron chi connectivity index (χ3n) is 1.77. The van der Waals surface area contributed by atoms with Crippen LogP contribution in [0.3, 0.4) is 0 Å². The molecule has 0 saturated heterocycles. The molecular formula is C10H10NNaO5. The Morgan fingerprint density at radius 3 is 2.53 bits per heavy atom. The summed E-state index contributed by atoms with van der Waals surface area (Å²) in [6.07, 6.45) is 0.801. The molecular weight excluding hydrogens is 237 g/mol. The summed E-state index contributed by atoms with van der Waals surface area (Å²) >= 11 is 0. The fraction of sp³-hybridized carbons (Fsp3) is 0.300. The molecule has 0 aliphatic heterocycles. The molecule has 0 bridgehead atoms. The van der Waals surface area contributed by atoms with Crippen LogP contribution in [0.25, 0.3) is 0 Å². The molecule has 1 rings (SSSR count). The van der Waals surface area contributed by atoms with Crippen LogP contribution in [0.4, 0.5) is 0 Å². The van der Waals surface area contributed by atoms with Gasteiger partial charge in [-0.2, -0.15) is 0 Å². The first-order chi connectivity index (χ1) is 7.54. The van der Waals surface area contributed by atoms with Crippen molar-refractivity contribution in [1.82, 2.24) is 4.98 Å². The van der Waals surface area contributed by atoms with E-state index in [-0.39, 0.29) is 47.4 Å². The van der Waals surface area contributed by atoms with Crippen molar-refractivity contribution in [3.63, 3.8) is 0 Å². The number of nitrogens with one attached hydrogen (secondary N) is 1. The van der Waals surface area contributed by atoms with Gasteiger partial charge in [0.2, 0.25) is 0 Å². The Bertz CT molecular complexity index is 468. The fourth-order valence-electron chi connectivity index (χ4n) is 1.04. The number of H-pyrrole nitrogens is 1. The number of esters is 1. The Kier molecular flexibility index (Phi) is 6.79. The third kappa shape index (κ3) is 4.72. The summed E-state index contributed by atoms with van der Waals surface area (Å²) in [5.74, 6) is -2.25. The zero-order valence-corrected chi connectivity index (χ0v) is 11.6. The van der Waals surface area contributed by atoms with E-state index < -0.39 is 17.5 Å². The number of ether oxygens (including phenoxy) is 1. The van der Waals surface area contributed by atoms with E-state index in [9.17, 15) is 19.5 Å². The summed E-state index contributed by atoms with van der Waals surface area (Å²) in [7, 11) is 0. The second kappa shape index (κ2) is 7.26. The molecule has 0 unspecified atom stereocenters. The SMILES string of the molecule is CCCC(=O)Oc1ccc(C(=O)[O-])[nH]c1=O.[Na+]. The number of carboxylic acids is 1. The van der Waals surface area contributed by atoms with Crippen LogP contribution in [0.2, 0.25) is 0 Å². The van der Waals surface area contributed by atoms with Gasteiger partial charge in [-0.05, 0) is 18.6 Å². The van der Waals surface area contributed by atoms with Gasteiger partial charge in [-0.3, -0.25) is 9.59 Å². The summed E-state index contributed by atoms with van der Waals surface area (Å²) in [5, 5.41) is 10.4. The Balaban J connectivity index is 0.00000256. The first-order valence-corrected chi connectivity index (χ1v) is 4.70. The van der Waals surface area contributed by atoms with Gasteiger partial charge in [0.05, 0.1) is 11.7 Å². The minimum Gasteiger partial charge on any atom is -0.543 e. The molecule has 0 aromatic carbocycles. The average molecular weight is 247 g/mol. The molecule has 1 aromatic heterocycles. The van der Waals surface area contributed by atoms with Gasteiger partial charge in [0.25, 0.3) is 5.56 Å². The Morgan fingerprint density at radius 1 is 1.41 bits per heavy atom. The second-order valence-electron chi connectivity index (χ2n) is 3.08. The van der Waals surface area contributed by atoms with Crippen LogP contribution >= 0.6 is 0 Å². The molecule has 0 saturated carbocycles. The van der Waals surface area contributed by atoms with E-state index in [1.54, 1.807) is 6.92 Å². The molecule has 0 fully saturated rings. The van der Waals surface area contributed by atoms with E-state index in [2.05, 4.69) is 0 Å². The standard InChI is InChI=1S/C10H11NO5.Na/c1-2-3-8(12)16-7-5-4-6(10(14)15)11-9(7)13;/h4-5H,2-3H2,1H3,(H,11,13)(H,14,15);/q;+1/p-1. The van der Waals surface area contributed by atoms with Gasteiger partial charge in [-0.15, -0.1) is 0 Å². The maximum absolute atomic E-state index is 11.3. The van der Waals surface area contributed by atoms with Crippen LogP contribution < -0.4 is 45.0 Å². The summed E-state index contributed by atoms with van der Waals surface area (Å²) in [5.41, 5.74) is -1.13. The predicted octanol–water partition coefficient (Wildman–Crippen LogP) is -3.55. The van der Waals surface area contributed by atoms with Crippen molar-refractivity contribution in [3.05, 3.63) is 28.2 Å². The average Bonchev–Trinajstić information content (AvgIpc) is 2.21. The molecule has 0 radical (unpaired) electrons. The normalized spacial score (nSPS) is 9.24. The molecule has 86 valence electrons. The number of carbonyl (C=O) groups is 2. The molecule has 1 aromatic rings. The van der Waals surface area contributed by atoms with Crippen LogP contribution in [-0.4, -0.2) is 16.9 Å². The molecule has 0 aliphatic rings. The maximum atomic E-state index is 11.3. The van der Waals surface area contributed by atoms with E-state index in [4.69, 9.17) is 4.74 Å². The van der Waals surface area contributed by atoms with Gasteiger partial charge in [0, 0.05) is 6.42 Å². The number of aromatic nitrogens is 1. The van der Waals surface area contributed by atoms with Crippen molar-refractivity contribution in [2.75, 3.05) is 0 Å². The Morgan fingerprint density at radius 2 is 2.06 bits per heavy atom. The molecule has 1 N–H and O–H groups in total. The number of rotatable bonds is 4. The van der Waals surface area contributed by atoms with Crippen molar-refractivity contribution in [2.24, 2.45) is 0 Å². The first kappa shape index (κ1) is 15.9. The molecule has 0 amide bonds. The van der Waals surface area contributed by atoms with Gasteiger partial charge in [0.1, 0.15) is 0 Å². The van der Waals surface area contributed by atoms with Crippen molar-refractivity contribution in [2.45, 2.75) is 19.8 Å². The molecule has 0 atom stereocenters. The van der Waals surface area contributed by atoms with E-state index >= 15 is 0 Å². The first-order valence-electron chi connectivity index (χ1n) is 4.70. The van der Waals surface area contributed by atoms with E-state index in [1.807, 2.05) is 4.98 Å². The van der Waals surface area contributed by atoms with Crippen LogP contribution in [-0.2, 0) is 4.79 Å². The smallest absolute Gasteiger partial charge is 0.543 e. The minimum absolute atomic E-state index is 0. The molecule has 6 nitrogen and oxygen atoms in total. The Labute approximate surface area is 119 Å². The van der Waals surface area contributed by atoms with Crippen molar-refractivity contribution < 1.29 is 49.0 Å². The molecule has 0 aliphatic carbocycles. The number of aromatic carboxylic acids is 1. The van der Waals surface area contributed by atoms with Gasteiger partial charge in [0.15, 0.2) is 5.75 Å². The largest absolute Gasteiger partial charge is 1.00 e. The summed E-state index contributed by atoms with van der Waals surface area (Å²) in [4.78, 5) is 34.8. The van der Waals surface area contributed by atoms with Crippen molar-refractivity contribution in [1.29, 1.82) is 0 Å². The zero-order chi connectivity index (χ0) is 12.1.